The molecule has 1 fully saturated rings. The first kappa shape index (κ1) is 16.1. The smallest absolute Gasteiger partial charge is 0.315 e. The van der Waals surface area contributed by atoms with Crippen LogP contribution in [0.3, 0.4) is 0 Å². The normalized spacial score (nSPS) is 20.8. The molecule has 2 rings (SSSR count). The second-order valence-corrected chi connectivity index (χ2v) is 6.51. The molecule has 1 aliphatic rings. The van der Waals surface area contributed by atoms with Crippen LogP contribution in [-0.4, -0.2) is 30.8 Å². The molecule has 0 radical (unpaired) electrons. The molecule has 0 spiro atoms. The second-order valence-electron chi connectivity index (χ2n) is 6.07. The number of hydrogen-bond donors (Lipinski definition) is 2. The summed E-state index contributed by atoms with van der Waals surface area (Å²) in [5, 5.41) is 6.64. The van der Waals surface area contributed by atoms with Crippen LogP contribution >= 0.6 is 11.6 Å². The third-order valence-corrected chi connectivity index (χ3v) is 3.90. The highest BCUT2D eigenvalue weighted by molar-refractivity contribution is 6.30. The predicted octanol–water partition coefficient (Wildman–Crippen LogP) is 3.14. The topological polar surface area (TPSA) is 50.4 Å². The van der Waals surface area contributed by atoms with Crippen molar-refractivity contribution in [1.29, 1.82) is 0 Å². The van der Waals surface area contributed by atoms with Gasteiger partial charge in [-0.2, -0.15) is 0 Å². The Morgan fingerprint density at radius 2 is 2.10 bits per heavy atom. The average Bonchev–Trinajstić information content (AvgIpc) is 2.40. The lowest BCUT2D eigenvalue weighted by atomic mass is 9.94. The van der Waals surface area contributed by atoms with E-state index in [-0.39, 0.29) is 17.7 Å². The third kappa shape index (κ3) is 5.56. The fraction of sp³-hybridized carbons (Fsp3) is 0.562. The molecule has 1 aromatic rings. The van der Waals surface area contributed by atoms with Crippen molar-refractivity contribution in [2.24, 2.45) is 0 Å². The number of carbonyl (C=O) groups is 1. The molecule has 21 heavy (non-hydrogen) atoms. The molecule has 4 nitrogen and oxygen atoms in total. The van der Waals surface area contributed by atoms with Crippen molar-refractivity contribution in [3.63, 3.8) is 0 Å². The fourth-order valence-corrected chi connectivity index (χ4v) is 2.69. The van der Waals surface area contributed by atoms with Gasteiger partial charge < -0.3 is 15.4 Å². The van der Waals surface area contributed by atoms with Gasteiger partial charge in [0.1, 0.15) is 0 Å². The quantitative estimate of drug-likeness (QED) is 0.897. The molecule has 2 N–H and O–H groups in total. The average molecular weight is 311 g/mol. The maximum absolute atomic E-state index is 11.9. The standard InChI is InChI=1S/C16H23ClN2O2/c1-16(2)11-14(8-10-21-16)19-15(20)18-9-7-12-3-5-13(17)6-4-12/h3-6,14H,7-11H2,1-2H3,(H2,18,19,20). The first-order chi connectivity index (χ1) is 9.94. The predicted molar refractivity (Wildman–Crippen MR) is 84.7 cm³/mol. The summed E-state index contributed by atoms with van der Waals surface area (Å²) in [6.45, 7) is 5.42. The van der Waals surface area contributed by atoms with E-state index in [2.05, 4.69) is 24.5 Å². The van der Waals surface area contributed by atoms with E-state index in [1.807, 2.05) is 24.3 Å². The Morgan fingerprint density at radius 1 is 1.38 bits per heavy atom. The van der Waals surface area contributed by atoms with E-state index in [1.165, 1.54) is 0 Å². The Balaban J connectivity index is 1.69. The monoisotopic (exact) mass is 310 g/mol. The summed E-state index contributed by atoms with van der Waals surface area (Å²) in [5.41, 5.74) is 1.01. The minimum Gasteiger partial charge on any atom is -0.375 e. The Morgan fingerprint density at radius 3 is 2.76 bits per heavy atom. The van der Waals surface area contributed by atoms with E-state index < -0.39 is 0 Å². The van der Waals surface area contributed by atoms with Crippen LogP contribution in [0.15, 0.2) is 24.3 Å². The lowest BCUT2D eigenvalue weighted by molar-refractivity contribution is -0.0611. The molecule has 1 atom stereocenters. The number of amides is 2. The number of rotatable bonds is 4. The molecule has 0 bridgehead atoms. The molecule has 1 unspecified atom stereocenters. The zero-order chi connectivity index (χ0) is 15.3. The highest BCUT2D eigenvalue weighted by atomic mass is 35.5. The maximum atomic E-state index is 11.9. The second kappa shape index (κ2) is 7.14. The molecule has 1 saturated heterocycles. The number of carbonyl (C=O) groups excluding carboxylic acids is 1. The van der Waals surface area contributed by atoms with Gasteiger partial charge in [-0.3, -0.25) is 0 Å². The molecule has 1 aliphatic heterocycles. The molecule has 1 aromatic carbocycles. The van der Waals surface area contributed by atoms with Gasteiger partial charge >= 0.3 is 6.03 Å². The van der Waals surface area contributed by atoms with Crippen LogP contribution < -0.4 is 10.6 Å². The van der Waals surface area contributed by atoms with Gasteiger partial charge in [-0.1, -0.05) is 23.7 Å². The number of urea groups is 1. The number of halogens is 1. The molecule has 2 amide bonds. The highest BCUT2D eigenvalue weighted by Gasteiger charge is 2.29. The maximum Gasteiger partial charge on any atom is 0.315 e. The van der Waals surface area contributed by atoms with Crippen molar-refractivity contribution in [3.05, 3.63) is 34.9 Å². The van der Waals surface area contributed by atoms with E-state index in [9.17, 15) is 4.79 Å². The summed E-state index contributed by atoms with van der Waals surface area (Å²) in [5.74, 6) is 0. The van der Waals surface area contributed by atoms with Gasteiger partial charge in [-0.25, -0.2) is 4.79 Å². The minimum absolute atomic E-state index is 0.105. The summed E-state index contributed by atoms with van der Waals surface area (Å²) in [7, 11) is 0. The Bertz CT molecular complexity index is 474. The van der Waals surface area contributed by atoms with Crippen molar-refractivity contribution < 1.29 is 9.53 Å². The summed E-state index contributed by atoms with van der Waals surface area (Å²) in [6.07, 6.45) is 2.51. The minimum atomic E-state index is -0.153. The third-order valence-electron chi connectivity index (χ3n) is 3.64. The molecule has 0 saturated carbocycles. The van der Waals surface area contributed by atoms with Crippen LogP contribution in [0.5, 0.6) is 0 Å². The molecule has 0 aromatic heterocycles. The number of hydrogen-bond acceptors (Lipinski definition) is 2. The van der Waals surface area contributed by atoms with Crippen LogP contribution in [0.4, 0.5) is 4.79 Å². The van der Waals surface area contributed by atoms with E-state index >= 15 is 0 Å². The summed E-state index contributed by atoms with van der Waals surface area (Å²) >= 11 is 5.84. The Hall–Kier alpha value is -1.26. The highest BCUT2D eigenvalue weighted by Crippen LogP contribution is 2.23. The van der Waals surface area contributed by atoms with Crippen LogP contribution in [0.1, 0.15) is 32.3 Å². The SMILES string of the molecule is CC1(C)CC(NC(=O)NCCc2ccc(Cl)cc2)CCO1. The van der Waals surface area contributed by atoms with E-state index in [4.69, 9.17) is 16.3 Å². The van der Waals surface area contributed by atoms with Crippen molar-refractivity contribution >= 4 is 17.6 Å². The number of benzene rings is 1. The van der Waals surface area contributed by atoms with Crippen LogP contribution in [0.2, 0.25) is 5.02 Å². The summed E-state index contributed by atoms with van der Waals surface area (Å²) in [6, 6.07) is 7.75. The van der Waals surface area contributed by atoms with Crippen molar-refractivity contribution in [3.8, 4) is 0 Å². The van der Waals surface area contributed by atoms with Gasteiger partial charge in [0.05, 0.1) is 5.60 Å². The first-order valence-electron chi connectivity index (χ1n) is 7.37. The lowest BCUT2D eigenvalue weighted by Gasteiger charge is -2.35. The molecule has 116 valence electrons. The number of nitrogens with one attached hydrogen (secondary N) is 2. The molecule has 5 heteroatoms. The Kier molecular flexibility index (Phi) is 5.48. The summed E-state index contributed by atoms with van der Waals surface area (Å²) < 4.78 is 5.64. The molecular formula is C16H23ClN2O2. The van der Waals surface area contributed by atoms with Gasteiger partial charge in [-0.05, 0) is 50.8 Å². The van der Waals surface area contributed by atoms with Crippen molar-refractivity contribution in [2.75, 3.05) is 13.2 Å². The zero-order valence-corrected chi connectivity index (χ0v) is 13.4. The van der Waals surface area contributed by atoms with Gasteiger partial charge in [0.2, 0.25) is 0 Å². The van der Waals surface area contributed by atoms with Crippen LogP contribution in [0, 0.1) is 0 Å². The number of ether oxygens (including phenoxy) is 1. The van der Waals surface area contributed by atoms with Gasteiger partial charge in [-0.15, -0.1) is 0 Å². The zero-order valence-electron chi connectivity index (χ0n) is 12.6. The van der Waals surface area contributed by atoms with E-state index in [0.29, 0.717) is 13.2 Å². The van der Waals surface area contributed by atoms with E-state index in [0.717, 1.165) is 29.8 Å². The van der Waals surface area contributed by atoms with Crippen LogP contribution in [0.25, 0.3) is 0 Å². The molecule has 0 aliphatic carbocycles. The van der Waals surface area contributed by atoms with Gasteiger partial charge in [0.25, 0.3) is 0 Å². The lowest BCUT2D eigenvalue weighted by Crippen LogP contribution is -2.49. The molecule has 1 heterocycles. The van der Waals surface area contributed by atoms with Gasteiger partial charge in [0, 0.05) is 24.2 Å². The first-order valence-corrected chi connectivity index (χ1v) is 7.75. The largest absolute Gasteiger partial charge is 0.375 e. The Labute approximate surface area is 131 Å². The van der Waals surface area contributed by atoms with Crippen LogP contribution in [-0.2, 0) is 11.2 Å². The summed E-state index contributed by atoms with van der Waals surface area (Å²) in [4.78, 5) is 11.9. The molecular weight excluding hydrogens is 288 g/mol. The van der Waals surface area contributed by atoms with E-state index in [1.54, 1.807) is 0 Å². The van der Waals surface area contributed by atoms with Crippen molar-refractivity contribution in [2.45, 2.75) is 44.8 Å². The van der Waals surface area contributed by atoms with Crippen molar-refractivity contribution in [1.82, 2.24) is 10.6 Å². The fourth-order valence-electron chi connectivity index (χ4n) is 2.56. The van der Waals surface area contributed by atoms with Gasteiger partial charge in [0.15, 0.2) is 0 Å².